The second-order valence-corrected chi connectivity index (χ2v) is 10.9. The van der Waals surface area contributed by atoms with Crippen molar-refractivity contribution in [1.29, 1.82) is 0 Å². The van der Waals surface area contributed by atoms with Crippen molar-refractivity contribution < 1.29 is 18.0 Å². The molecule has 178 valence electrons. The summed E-state index contributed by atoms with van der Waals surface area (Å²) in [5.41, 5.74) is 2.12. The molecule has 2 aromatic rings. The van der Waals surface area contributed by atoms with Crippen molar-refractivity contribution in [3.63, 3.8) is 0 Å². The molecule has 9 heteroatoms. The lowest BCUT2D eigenvalue weighted by Gasteiger charge is -2.32. The topological polar surface area (TPSA) is 95.6 Å². The van der Waals surface area contributed by atoms with Gasteiger partial charge >= 0.3 is 0 Å². The molecule has 7 nitrogen and oxygen atoms in total. The number of rotatable bonds is 8. The maximum Gasteiger partial charge on any atom is 0.253 e. The van der Waals surface area contributed by atoms with E-state index >= 15 is 0 Å². The van der Waals surface area contributed by atoms with Crippen LogP contribution in [0.4, 0.5) is 0 Å². The molecule has 0 radical (unpaired) electrons. The number of likely N-dealkylation sites (tertiary alicyclic amines) is 1. The summed E-state index contributed by atoms with van der Waals surface area (Å²) in [5.74, 6) is -0.531. The Morgan fingerprint density at radius 2 is 1.70 bits per heavy atom. The lowest BCUT2D eigenvalue weighted by molar-refractivity contribution is -0.126. The van der Waals surface area contributed by atoms with Gasteiger partial charge in [0.05, 0.1) is 11.7 Å². The van der Waals surface area contributed by atoms with Gasteiger partial charge in [-0.3, -0.25) is 9.59 Å². The van der Waals surface area contributed by atoms with Crippen LogP contribution in [0.25, 0.3) is 0 Å². The Hall–Kier alpha value is -2.42. The van der Waals surface area contributed by atoms with Gasteiger partial charge in [0.25, 0.3) is 5.91 Å². The maximum atomic E-state index is 12.8. The molecule has 0 bridgehead atoms. The molecule has 1 atom stereocenters. The Morgan fingerprint density at radius 1 is 1.06 bits per heavy atom. The molecule has 1 aliphatic heterocycles. The number of hydrogen-bond acceptors (Lipinski definition) is 4. The largest absolute Gasteiger partial charge is 0.352 e. The van der Waals surface area contributed by atoms with E-state index in [0.29, 0.717) is 35.8 Å². The van der Waals surface area contributed by atoms with Gasteiger partial charge in [-0.1, -0.05) is 35.9 Å². The first-order valence-corrected chi connectivity index (χ1v) is 13.1. The van der Waals surface area contributed by atoms with Gasteiger partial charge in [-0.25, -0.2) is 13.1 Å². The van der Waals surface area contributed by atoms with Crippen LogP contribution in [0.3, 0.4) is 0 Å². The SMILES string of the molecule is CC(C)NS(=O)(=O)Cc1ccc(CNC(=O)C2CCCN(C(=O)c3ccc(Cl)cc3)C2)cc1. The molecule has 1 saturated heterocycles. The molecule has 0 saturated carbocycles. The van der Waals surface area contributed by atoms with Crippen LogP contribution in [0, 0.1) is 5.92 Å². The average Bonchev–Trinajstić information content (AvgIpc) is 2.77. The second kappa shape index (κ2) is 11.1. The van der Waals surface area contributed by atoms with Crippen LogP contribution in [-0.4, -0.2) is 44.3 Å². The standard InChI is InChI=1S/C24H30ClN3O4S/c1-17(2)27-33(31,32)16-19-7-5-18(6-8-19)14-26-23(29)21-4-3-13-28(15-21)24(30)20-9-11-22(25)12-10-20/h5-12,17,21,27H,3-4,13-16H2,1-2H3,(H,26,29). The van der Waals surface area contributed by atoms with Crippen molar-refractivity contribution in [2.24, 2.45) is 5.92 Å². The van der Waals surface area contributed by atoms with Gasteiger partial charge in [0, 0.05) is 36.3 Å². The van der Waals surface area contributed by atoms with E-state index < -0.39 is 10.0 Å². The molecule has 1 fully saturated rings. The van der Waals surface area contributed by atoms with Gasteiger partial charge in [0.1, 0.15) is 0 Å². The quantitative estimate of drug-likeness (QED) is 0.592. The first-order chi connectivity index (χ1) is 15.6. The average molecular weight is 492 g/mol. The molecular weight excluding hydrogens is 462 g/mol. The van der Waals surface area contributed by atoms with Crippen molar-refractivity contribution in [2.45, 2.75) is 45.0 Å². The highest BCUT2D eigenvalue weighted by Gasteiger charge is 2.28. The van der Waals surface area contributed by atoms with Gasteiger partial charge in [0.2, 0.25) is 15.9 Å². The van der Waals surface area contributed by atoms with Gasteiger partial charge in [-0.05, 0) is 62.1 Å². The van der Waals surface area contributed by atoms with E-state index in [1.807, 2.05) is 12.1 Å². The van der Waals surface area contributed by atoms with Crippen LogP contribution in [0.1, 0.15) is 48.2 Å². The molecule has 33 heavy (non-hydrogen) atoms. The molecule has 1 unspecified atom stereocenters. The molecule has 2 aromatic carbocycles. The first-order valence-electron chi connectivity index (χ1n) is 11.0. The van der Waals surface area contributed by atoms with E-state index in [2.05, 4.69) is 10.0 Å². The number of nitrogens with zero attached hydrogens (tertiary/aromatic N) is 1. The molecule has 2 amide bonds. The zero-order chi connectivity index (χ0) is 24.0. The van der Waals surface area contributed by atoms with Crippen molar-refractivity contribution >= 4 is 33.4 Å². The molecule has 1 aliphatic rings. The van der Waals surface area contributed by atoms with Crippen LogP contribution >= 0.6 is 11.6 Å². The summed E-state index contributed by atoms with van der Waals surface area (Å²) >= 11 is 5.90. The Bertz CT molecular complexity index is 1070. The molecular formula is C24H30ClN3O4S. The molecule has 1 heterocycles. The van der Waals surface area contributed by atoms with Crippen molar-refractivity contribution in [3.8, 4) is 0 Å². The molecule has 0 spiro atoms. The van der Waals surface area contributed by atoms with Crippen molar-refractivity contribution in [1.82, 2.24) is 14.9 Å². The predicted molar refractivity (Wildman–Crippen MR) is 129 cm³/mol. The lowest BCUT2D eigenvalue weighted by Crippen LogP contribution is -2.45. The summed E-state index contributed by atoms with van der Waals surface area (Å²) < 4.78 is 26.7. The zero-order valence-electron chi connectivity index (χ0n) is 18.9. The minimum Gasteiger partial charge on any atom is -0.352 e. The molecule has 0 aromatic heterocycles. The van der Waals surface area contributed by atoms with Crippen LogP contribution in [0.15, 0.2) is 48.5 Å². The number of benzene rings is 2. The van der Waals surface area contributed by atoms with E-state index in [1.54, 1.807) is 55.1 Å². The number of amides is 2. The predicted octanol–water partition coefficient (Wildman–Crippen LogP) is 3.34. The highest BCUT2D eigenvalue weighted by atomic mass is 35.5. The van der Waals surface area contributed by atoms with Crippen molar-refractivity contribution in [3.05, 3.63) is 70.2 Å². The van der Waals surface area contributed by atoms with Gasteiger partial charge in [0.15, 0.2) is 0 Å². The Kier molecular flexibility index (Phi) is 8.51. The third-order valence-corrected chi connectivity index (χ3v) is 7.23. The normalized spacial score (nSPS) is 16.6. The highest BCUT2D eigenvalue weighted by molar-refractivity contribution is 7.88. The zero-order valence-corrected chi connectivity index (χ0v) is 20.5. The monoisotopic (exact) mass is 491 g/mol. The summed E-state index contributed by atoms with van der Waals surface area (Å²) in [5, 5.41) is 3.52. The van der Waals surface area contributed by atoms with Crippen molar-refractivity contribution in [2.75, 3.05) is 13.1 Å². The van der Waals surface area contributed by atoms with Gasteiger partial charge in [-0.2, -0.15) is 0 Å². The minimum atomic E-state index is -3.38. The Labute approximate surface area is 200 Å². The number of carbonyl (C=O) groups is 2. The number of sulfonamides is 1. The smallest absolute Gasteiger partial charge is 0.253 e. The van der Waals surface area contributed by atoms with Crippen LogP contribution < -0.4 is 10.0 Å². The van der Waals surface area contributed by atoms with Gasteiger partial charge < -0.3 is 10.2 Å². The summed E-state index contributed by atoms with van der Waals surface area (Å²) in [6.07, 6.45) is 1.50. The fraction of sp³-hybridized carbons (Fsp3) is 0.417. The summed E-state index contributed by atoms with van der Waals surface area (Å²) in [7, 11) is -3.38. The Balaban J connectivity index is 1.51. The number of hydrogen-bond donors (Lipinski definition) is 2. The fourth-order valence-electron chi connectivity index (χ4n) is 3.86. The third kappa shape index (κ3) is 7.55. The fourth-order valence-corrected chi connectivity index (χ4v) is 5.42. The lowest BCUT2D eigenvalue weighted by atomic mass is 9.96. The molecule has 3 rings (SSSR count). The number of carbonyl (C=O) groups excluding carboxylic acids is 2. The minimum absolute atomic E-state index is 0.0859. The number of piperidine rings is 1. The molecule has 0 aliphatic carbocycles. The second-order valence-electron chi connectivity index (χ2n) is 8.66. The summed E-state index contributed by atoms with van der Waals surface area (Å²) in [6, 6.07) is 13.8. The van der Waals surface area contributed by atoms with Crippen LogP contribution in [0.2, 0.25) is 5.02 Å². The van der Waals surface area contributed by atoms with Gasteiger partial charge in [-0.15, -0.1) is 0 Å². The first kappa shape index (κ1) is 25.2. The van der Waals surface area contributed by atoms with E-state index in [9.17, 15) is 18.0 Å². The van der Waals surface area contributed by atoms with E-state index in [4.69, 9.17) is 11.6 Å². The van der Waals surface area contributed by atoms with E-state index in [0.717, 1.165) is 18.4 Å². The summed E-state index contributed by atoms with van der Waals surface area (Å²) in [4.78, 5) is 27.2. The maximum absolute atomic E-state index is 12.8. The van der Waals surface area contributed by atoms with E-state index in [-0.39, 0.29) is 29.5 Å². The summed E-state index contributed by atoms with van der Waals surface area (Å²) in [6.45, 7) is 4.91. The van der Waals surface area contributed by atoms with E-state index in [1.165, 1.54) is 0 Å². The third-order valence-electron chi connectivity index (χ3n) is 5.43. The highest BCUT2D eigenvalue weighted by Crippen LogP contribution is 2.20. The number of halogens is 1. The van der Waals surface area contributed by atoms with Crippen LogP contribution in [0.5, 0.6) is 0 Å². The Morgan fingerprint density at radius 3 is 2.33 bits per heavy atom. The van der Waals surface area contributed by atoms with Crippen LogP contribution in [-0.2, 0) is 27.1 Å². The molecule has 2 N–H and O–H groups in total. The number of nitrogens with one attached hydrogen (secondary N) is 2.